The Balaban J connectivity index is 1.84. The van der Waals surface area contributed by atoms with E-state index in [1.807, 2.05) is 29.8 Å². The van der Waals surface area contributed by atoms with Crippen LogP contribution in [0.15, 0.2) is 30.3 Å². The number of aliphatic hydroxyl groups excluding tert-OH is 1. The summed E-state index contributed by atoms with van der Waals surface area (Å²) in [5.41, 5.74) is 2.98. The van der Waals surface area contributed by atoms with E-state index < -0.39 is 0 Å². The number of para-hydroxylation sites is 1. The minimum atomic E-state index is 0.0574. The highest BCUT2D eigenvalue weighted by Crippen LogP contribution is 2.42. The van der Waals surface area contributed by atoms with Gasteiger partial charge in [0.15, 0.2) is 0 Å². The molecule has 1 saturated carbocycles. The Kier molecular flexibility index (Phi) is 3.00. The Morgan fingerprint density at radius 2 is 2.05 bits per heavy atom. The standard InChI is InChI=1S/C17H21N3O/c1-12-16(11-21)17(19-10-13-7-8-15(19)9-13)20(18-12)14-5-3-2-4-6-14/h2-6,13,15,21H,7-11H2,1H3. The largest absolute Gasteiger partial charge is 0.391 e. The molecule has 1 aliphatic carbocycles. The number of aliphatic hydroxyl groups is 1. The topological polar surface area (TPSA) is 41.3 Å². The van der Waals surface area contributed by atoms with E-state index in [4.69, 9.17) is 5.10 Å². The molecule has 1 N–H and O–H groups in total. The van der Waals surface area contributed by atoms with Crippen molar-refractivity contribution in [1.29, 1.82) is 0 Å². The summed E-state index contributed by atoms with van der Waals surface area (Å²) < 4.78 is 2.02. The summed E-state index contributed by atoms with van der Waals surface area (Å²) in [6.07, 6.45) is 3.92. The Labute approximate surface area is 125 Å². The fraction of sp³-hybridized carbons (Fsp3) is 0.471. The number of piperidine rings is 1. The molecular weight excluding hydrogens is 262 g/mol. The normalized spacial score (nSPS) is 24.0. The van der Waals surface area contributed by atoms with Gasteiger partial charge in [-0.2, -0.15) is 5.10 Å². The lowest BCUT2D eigenvalue weighted by Crippen LogP contribution is -2.34. The third kappa shape index (κ3) is 1.97. The third-order valence-electron chi connectivity index (χ3n) is 5.00. The number of fused-ring (bicyclic) bond motifs is 2. The number of anilines is 1. The van der Waals surface area contributed by atoms with Crippen LogP contribution in [-0.4, -0.2) is 27.5 Å². The van der Waals surface area contributed by atoms with Crippen LogP contribution >= 0.6 is 0 Å². The summed E-state index contributed by atoms with van der Waals surface area (Å²) in [4.78, 5) is 2.48. The van der Waals surface area contributed by atoms with Crippen molar-refractivity contribution in [3.8, 4) is 5.69 Å². The van der Waals surface area contributed by atoms with Gasteiger partial charge in [0.1, 0.15) is 5.82 Å². The van der Waals surface area contributed by atoms with Gasteiger partial charge >= 0.3 is 0 Å². The third-order valence-corrected chi connectivity index (χ3v) is 5.00. The quantitative estimate of drug-likeness (QED) is 0.941. The zero-order chi connectivity index (χ0) is 14.4. The molecule has 4 nitrogen and oxygen atoms in total. The molecule has 2 atom stereocenters. The molecule has 2 heterocycles. The van der Waals surface area contributed by atoms with Crippen molar-refractivity contribution >= 4 is 5.82 Å². The van der Waals surface area contributed by atoms with Gasteiger partial charge in [0, 0.05) is 18.2 Å². The lowest BCUT2D eigenvalue weighted by atomic mass is 10.1. The Hall–Kier alpha value is -1.81. The van der Waals surface area contributed by atoms with Gasteiger partial charge in [0.05, 0.1) is 18.0 Å². The molecule has 1 aromatic heterocycles. The minimum Gasteiger partial charge on any atom is -0.391 e. The van der Waals surface area contributed by atoms with E-state index in [1.54, 1.807) is 0 Å². The van der Waals surface area contributed by atoms with Crippen LogP contribution in [0.5, 0.6) is 0 Å². The smallest absolute Gasteiger partial charge is 0.138 e. The maximum atomic E-state index is 9.81. The highest BCUT2D eigenvalue weighted by Gasteiger charge is 2.40. The van der Waals surface area contributed by atoms with Gasteiger partial charge in [0.25, 0.3) is 0 Å². The average molecular weight is 283 g/mol. The zero-order valence-electron chi connectivity index (χ0n) is 12.4. The van der Waals surface area contributed by atoms with Gasteiger partial charge in [-0.1, -0.05) is 18.2 Å². The SMILES string of the molecule is Cc1nn(-c2ccccc2)c(N2CC3CCC2C3)c1CO. The van der Waals surface area contributed by atoms with Crippen LogP contribution in [-0.2, 0) is 6.61 Å². The predicted octanol–water partition coefficient (Wildman–Crippen LogP) is 2.66. The molecule has 2 unspecified atom stereocenters. The van der Waals surface area contributed by atoms with Crippen LogP contribution in [0.1, 0.15) is 30.5 Å². The summed E-state index contributed by atoms with van der Waals surface area (Å²) >= 11 is 0. The number of rotatable bonds is 3. The first-order chi connectivity index (χ1) is 10.3. The fourth-order valence-corrected chi connectivity index (χ4v) is 3.96. The second-order valence-corrected chi connectivity index (χ2v) is 6.28. The molecule has 4 rings (SSSR count). The van der Waals surface area contributed by atoms with Crippen molar-refractivity contribution in [2.45, 2.75) is 38.8 Å². The second-order valence-electron chi connectivity index (χ2n) is 6.28. The average Bonchev–Trinajstić information content (AvgIpc) is 3.21. The lowest BCUT2D eigenvalue weighted by molar-refractivity contribution is 0.281. The molecule has 2 aliphatic rings. The molecule has 2 fully saturated rings. The molecule has 1 saturated heterocycles. The van der Waals surface area contributed by atoms with Gasteiger partial charge in [0.2, 0.25) is 0 Å². The second kappa shape index (κ2) is 4.88. The summed E-state index contributed by atoms with van der Waals surface area (Å²) in [5.74, 6) is 1.93. The van der Waals surface area contributed by atoms with Crippen LogP contribution in [0.2, 0.25) is 0 Å². The zero-order valence-corrected chi connectivity index (χ0v) is 12.4. The van der Waals surface area contributed by atoms with E-state index in [0.29, 0.717) is 6.04 Å². The summed E-state index contributed by atoms with van der Waals surface area (Å²) in [5, 5.41) is 14.5. The Morgan fingerprint density at radius 1 is 1.24 bits per heavy atom. The highest BCUT2D eigenvalue weighted by atomic mass is 16.3. The van der Waals surface area contributed by atoms with Crippen molar-refractivity contribution in [3.05, 3.63) is 41.6 Å². The molecule has 1 aliphatic heterocycles. The van der Waals surface area contributed by atoms with E-state index in [-0.39, 0.29) is 6.61 Å². The van der Waals surface area contributed by atoms with Gasteiger partial charge in [-0.25, -0.2) is 4.68 Å². The Bertz CT molecular complexity index is 650. The van der Waals surface area contributed by atoms with Crippen LogP contribution in [0.3, 0.4) is 0 Å². The Morgan fingerprint density at radius 3 is 2.67 bits per heavy atom. The molecule has 1 aromatic carbocycles. The van der Waals surface area contributed by atoms with Gasteiger partial charge in [-0.3, -0.25) is 0 Å². The number of hydrogen-bond donors (Lipinski definition) is 1. The van der Waals surface area contributed by atoms with Crippen LogP contribution in [0.25, 0.3) is 5.69 Å². The van der Waals surface area contributed by atoms with Crippen LogP contribution < -0.4 is 4.90 Å². The minimum absolute atomic E-state index is 0.0574. The number of aryl methyl sites for hydroxylation is 1. The van der Waals surface area contributed by atoms with Gasteiger partial charge in [-0.05, 0) is 44.2 Å². The van der Waals surface area contributed by atoms with Gasteiger partial charge in [-0.15, -0.1) is 0 Å². The first-order valence-electron chi connectivity index (χ1n) is 7.79. The number of aromatic nitrogens is 2. The summed E-state index contributed by atoms with van der Waals surface area (Å²) in [6, 6.07) is 10.9. The molecule has 0 spiro atoms. The summed E-state index contributed by atoms with van der Waals surface area (Å²) in [6.45, 7) is 3.15. The first-order valence-corrected chi connectivity index (χ1v) is 7.79. The molecule has 0 radical (unpaired) electrons. The summed E-state index contributed by atoms with van der Waals surface area (Å²) in [7, 11) is 0. The predicted molar refractivity (Wildman–Crippen MR) is 82.7 cm³/mol. The van der Waals surface area contributed by atoms with Crippen LogP contribution in [0.4, 0.5) is 5.82 Å². The molecule has 21 heavy (non-hydrogen) atoms. The maximum absolute atomic E-state index is 9.81. The van der Waals surface area contributed by atoms with E-state index >= 15 is 0 Å². The van der Waals surface area contributed by atoms with Crippen molar-refractivity contribution in [3.63, 3.8) is 0 Å². The van der Waals surface area contributed by atoms with Crippen molar-refractivity contribution < 1.29 is 5.11 Å². The number of benzene rings is 1. The highest BCUT2D eigenvalue weighted by molar-refractivity contribution is 5.57. The molecular formula is C17H21N3O. The van der Waals surface area contributed by atoms with E-state index in [0.717, 1.165) is 35.2 Å². The van der Waals surface area contributed by atoms with Crippen LogP contribution in [0, 0.1) is 12.8 Å². The fourth-order valence-electron chi connectivity index (χ4n) is 3.96. The first kappa shape index (κ1) is 12.9. The molecule has 0 amide bonds. The number of nitrogens with zero attached hydrogens (tertiary/aromatic N) is 3. The lowest BCUT2D eigenvalue weighted by Gasteiger charge is -2.30. The maximum Gasteiger partial charge on any atom is 0.138 e. The van der Waals surface area contributed by atoms with E-state index in [2.05, 4.69) is 17.0 Å². The van der Waals surface area contributed by atoms with E-state index in [9.17, 15) is 5.11 Å². The van der Waals surface area contributed by atoms with Crippen molar-refractivity contribution in [2.24, 2.45) is 5.92 Å². The molecule has 4 heteroatoms. The van der Waals surface area contributed by atoms with Gasteiger partial charge < -0.3 is 10.0 Å². The molecule has 2 aromatic rings. The van der Waals surface area contributed by atoms with E-state index in [1.165, 1.54) is 19.3 Å². The van der Waals surface area contributed by atoms with Crippen molar-refractivity contribution in [2.75, 3.05) is 11.4 Å². The number of hydrogen-bond acceptors (Lipinski definition) is 3. The molecule has 110 valence electrons. The monoisotopic (exact) mass is 283 g/mol. The van der Waals surface area contributed by atoms with Crippen molar-refractivity contribution in [1.82, 2.24) is 9.78 Å². The molecule has 2 bridgehead atoms.